The number of rotatable bonds is 4. The van der Waals surface area contributed by atoms with Crippen molar-refractivity contribution in [3.63, 3.8) is 0 Å². The van der Waals surface area contributed by atoms with Gasteiger partial charge in [-0.25, -0.2) is 17.9 Å². The van der Waals surface area contributed by atoms with Crippen LogP contribution in [0.25, 0.3) is 0 Å². The van der Waals surface area contributed by atoms with Gasteiger partial charge >= 0.3 is 6.03 Å². The number of urea groups is 1. The van der Waals surface area contributed by atoms with Crippen molar-refractivity contribution in [3.8, 4) is 0 Å². The smallest absolute Gasteiger partial charge is 0.317 e. The van der Waals surface area contributed by atoms with Crippen LogP contribution in [0.5, 0.6) is 0 Å². The number of hydrogen-bond donors (Lipinski definition) is 2. The van der Waals surface area contributed by atoms with Crippen molar-refractivity contribution < 1.29 is 13.2 Å². The third kappa shape index (κ3) is 4.45. The molecule has 1 aromatic carbocycles. The molecule has 22 heavy (non-hydrogen) atoms. The molecule has 7 heteroatoms. The van der Waals surface area contributed by atoms with Crippen LogP contribution in [0, 0.1) is 0 Å². The summed E-state index contributed by atoms with van der Waals surface area (Å²) in [5, 5.41) is 2.89. The number of carbonyl (C=O) groups excluding carboxylic acids is 1. The number of likely N-dealkylation sites (tertiary alicyclic amines) is 1. The van der Waals surface area contributed by atoms with E-state index in [4.69, 9.17) is 0 Å². The van der Waals surface area contributed by atoms with Crippen molar-refractivity contribution in [1.29, 1.82) is 0 Å². The largest absolute Gasteiger partial charge is 0.334 e. The molecule has 0 unspecified atom stereocenters. The lowest BCUT2D eigenvalue weighted by Crippen LogP contribution is -2.40. The Hall–Kier alpha value is -1.60. The molecule has 2 N–H and O–H groups in total. The molecule has 0 bridgehead atoms. The van der Waals surface area contributed by atoms with Crippen molar-refractivity contribution in [2.24, 2.45) is 0 Å². The maximum absolute atomic E-state index is 12.1. The first-order valence-corrected chi connectivity index (χ1v) is 9.06. The summed E-state index contributed by atoms with van der Waals surface area (Å²) in [7, 11) is -2.03. The van der Waals surface area contributed by atoms with E-state index in [2.05, 4.69) is 10.0 Å². The molecule has 0 spiro atoms. The summed E-state index contributed by atoms with van der Waals surface area (Å²) in [5.41, 5.74) is 0.873. The Kier molecular flexibility index (Phi) is 5.79. The first-order valence-electron chi connectivity index (χ1n) is 7.58. The molecule has 1 fully saturated rings. The predicted molar refractivity (Wildman–Crippen MR) is 85.0 cm³/mol. The molecule has 0 atom stereocenters. The highest BCUT2D eigenvalue weighted by Gasteiger charge is 2.15. The number of sulfonamides is 1. The monoisotopic (exact) mass is 325 g/mol. The zero-order valence-electron chi connectivity index (χ0n) is 12.8. The van der Waals surface area contributed by atoms with Gasteiger partial charge in [0.1, 0.15) is 0 Å². The van der Waals surface area contributed by atoms with Crippen LogP contribution in [0.4, 0.5) is 4.79 Å². The van der Waals surface area contributed by atoms with Crippen LogP contribution in [0.3, 0.4) is 0 Å². The average molecular weight is 325 g/mol. The Balaban J connectivity index is 1.90. The summed E-state index contributed by atoms with van der Waals surface area (Å²) in [6.45, 7) is 2.02. The molecule has 1 aliphatic heterocycles. The van der Waals surface area contributed by atoms with Gasteiger partial charge in [0.2, 0.25) is 10.0 Å². The van der Waals surface area contributed by atoms with Crippen LogP contribution in [0.1, 0.15) is 31.2 Å². The fraction of sp³-hybridized carbons (Fsp3) is 0.533. The number of nitrogens with zero attached hydrogens (tertiary/aromatic N) is 1. The van der Waals surface area contributed by atoms with E-state index in [0.717, 1.165) is 31.5 Å². The van der Waals surface area contributed by atoms with Crippen LogP contribution in [-0.2, 0) is 16.6 Å². The van der Waals surface area contributed by atoms with E-state index >= 15 is 0 Å². The molecule has 6 nitrogen and oxygen atoms in total. The van der Waals surface area contributed by atoms with Gasteiger partial charge in [0.15, 0.2) is 0 Å². The Morgan fingerprint density at radius 1 is 1.09 bits per heavy atom. The van der Waals surface area contributed by atoms with E-state index in [1.807, 2.05) is 4.90 Å². The van der Waals surface area contributed by atoms with E-state index < -0.39 is 10.0 Å². The van der Waals surface area contributed by atoms with Gasteiger partial charge in [0.05, 0.1) is 4.90 Å². The van der Waals surface area contributed by atoms with Crippen molar-refractivity contribution in [1.82, 2.24) is 14.9 Å². The molecule has 1 aliphatic rings. The van der Waals surface area contributed by atoms with E-state index in [9.17, 15) is 13.2 Å². The van der Waals surface area contributed by atoms with E-state index in [0.29, 0.717) is 6.54 Å². The summed E-state index contributed by atoms with van der Waals surface area (Å²) < 4.78 is 25.5. The minimum Gasteiger partial charge on any atom is -0.334 e. The van der Waals surface area contributed by atoms with Crippen molar-refractivity contribution >= 4 is 16.1 Å². The molecule has 1 heterocycles. The van der Waals surface area contributed by atoms with E-state index in [1.54, 1.807) is 24.3 Å². The quantitative estimate of drug-likeness (QED) is 0.884. The Morgan fingerprint density at radius 3 is 2.23 bits per heavy atom. The molecule has 0 saturated carbocycles. The molecule has 1 aromatic rings. The molecular weight excluding hydrogens is 302 g/mol. The molecule has 0 radical (unpaired) electrons. The summed E-state index contributed by atoms with van der Waals surface area (Å²) >= 11 is 0. The second-order valence-electron chi connectivity index (χ2n) is 5.41. The zero-order valence-corrected chi connectivity index (χ0v) is 13.7. The molecular formula is C15H23N3O3S. The molecule has 1 saturated heterocycles. The maximum atomic E-state index is 12.1. The van der Waals surface area contributed by atoms with Crippen molar-refractivity contribution in [3.05, 3.63) is 29.8 Å². The fourth-order valence-electron chi connectivity index (χ4n) is 2.47. The van der Waals surface area contributed by atoms with Crippen LogP contribution < -0.4 is 10.0 Å². The predicted octanol–water partition coefficient (Wildman–Crippen LogP) is 1.68. The van der Waals surface area contributed by atoms with Crippen molar-refractivity contribution in [2.75, 3.05) is 20.1 Å². The Labute approximate surface area is 131 Å². The summed E-state index contributed by atoms with van der Waals surface area (Å²) in [6.07, 6.45) is 4.49. The lowest BCUT2D eigenvalue weighted by atomic mass is 10.2. The molecule has 122 valence electrons. The molecule has 0 aromatic heterocycles. The lowest BCUT2D eigenvalue weighted by Gasteiger charge is -2.20. The number of benzene rings is 1. The third-order valence-electron chi connectivity index (χ3n) is 3.84. The summed E-state index contributed by atoms with van der Waals surface area (Å²) in [6, 6.07) is 6.46. The highest BCUT2D eigenvalue weighted by molar-refractivity contribution is 7.89. The highest BCUT2D eigenvalue weighted by atomic mass is 32.2. The number of amides is 2. The Morgan fingerprint density at radius 2 is 1.68 bits per heavy atom. The van der Waals surface area contributed by atoms with Crippen LogP contribution in [-0.4, -0.2) is 39.5 Å². The standard InChI is InChI=1S/C15H23N3O3S/c1-16-22(20,21)14-8-6-13(7-9-14)12-17-15(19)18-10-4-2-3-5-11-18/h6-9,16H,2-5,10-12H2,1H3,(H,17,19). The van der Waals surface area contributed by atoms with Gasteiger partial charge in [-0.2, -0.15) is 0 Å². The number of carbonyl (C=O) groups is 1. The average Bonchev–Trinajstić information content (AvgIpc) is 2.82. The lowest BCUT2D eigenvalue weighted by molar-refractivity contribution is 0.199. The molecule has 2 rings (SSSR count). The number of hydrogen-bond acceptors (Lipinski definition) is 3. The third-order valence-corrected chi connectivity index (χ3v) is 5.27. The van der Waals surface area contributed by atoms with Gasteiger partial charge in [-0.3, -0.25) is 0 Å². The fourth-order valence-corrected chi connectivity index (χ4v) is 3.20. The first-order chi connectivity index (χ1) is 10.5. The van der Waals surface area contributed by atoms with E-state index in [1.165, 1.54) is 19.9 Å². The summed E-state index contributed by atoms with van der Waals surface area (Å²) in [5.74, 6) is 0. The first kappa shape index (κ1) is 16.8. The maximum Gasteiger partial charge on any atom is 0.317 e. The van der Waals surface area contributed by atoms with Gasteiger partial charge < -0.3 is 10.2 Å². The zero-order chi connectivity index (χ0) is 16.0. The van der Waals surface area contributed by atoms with Gasteiger partial charge in [0, 0.05) is 19.6 Å². The number of nitrogens with one attached hydrogen (secondary N) is 2. The summed E-state index contributed by atoms with van der Waals surface area (Å²) in [4.78, 5) is 14.2. The van der Waals surface area contributed by atoms with Crippen molar-refractivity contribution in [2.45, 2.75) is 37.1 Å². The minimum atomic E-state index is -3.41. The van der Waals surface area contributed by atoms with Crippen LogP contribution >= 0.6 is 0 Å². The Bertz CT molecular complexity index is 591. The highest BCUT2D eigenvalue weighted by Crippen LogP contribution is 2.11. The van der Waals surface area contributed by atoms with Gasteiger partial charge in [0.25, 0.3) is 0 Å². The van der Waals surface area contributed by atoms with Crippen LogP contribution in [0.2, 0.25) is 0 Å². The normalized spacial score (nSPS) is 16.1. The topological polar surface area (TPSA) is 78.5 Å². The second kappa shape index (κ2) is 7.60. The minimum absolute atomic E-state index is 0.0474. The second-order valence-corrected chi connectivity index (χ2v) is 7.30. The molecule has 2 amide bonds. The van der Waals surface area contributed by atoms with Gasteiger partial charge in [-0.15, -0.1) is 0 Å². The SMILES string of the molecule is CNS(=O)(=O)c1ccc(CNC(=O)N2CCCCCC2)cc1. The van der Waals surface area contributed by atoms with Crippen LogP contribution in [0.15, 0.2) is 29.2 Å². The van der Waals surface area contributed by atoms with E-state index in [-0.39, 0.29) is 10.9 Å². The van der Waals surface area contributed by atoms with Gasteiger partial charge in [-0.05, 0) is 37.6 Å². The molecule has 0 aliphatic carbocycles. The van der Waals surface area contributed by atoms with Gasteiger partial charge in [-0.1, -0.05) is 25.0 Å².